The zero-order valence-corrected chi connectivity index (χ0v) is 13.4. The molecule has 0 N–H and O–H groups in total. The minimum atomic E-state index is -3.47. The van der Waals surface area contributed by atoms with E-state index in [0.717, 1.165) is 16.8 Å². The lowest BCUT2D eigenvalue weighted by atomic mass is 10.2. The van der Waals surface area contributed by atoms with Crippen molar-refractivity contribution in [1.29, 1.82) is 0 Å². The highest BCUT2D eigenvalue weighted by Crippen LogP contribution is 2.32. The van der Waals surface area contributed by atoms with Crippen molar-refractivity contribution in [2.24, 2.45) is 0 Å². The third-order valence-electron chi connectivity index (χ3n) is 4.22. The number of aromatic nitrogens is 1. The standard InChI is InChI=1S/C16H20N2O2S/c1-12-6-7-13(2)16(11-12)21(19,20)18-10-9-17-8-4-5-15(17)14(18)3/h4-8,11,14H,9-10H2,1-3H3/t14-/m1/s1. The number of fused-ring (bicyclic) bond motifs is 1. The number of rotatable bonds is 2. The third kappa shape index (κ3) is 2.30. The van der Waals surface area contributed by atoms with Crippen molar-refractivity contribution in [1.82, 2.24) is 8.87 Å². The van der Waals surface area contributed by atoms with E-state index in [9.17, 15) is 8.42 Å². The number of benzene rings is 1. The predicted octanol–water partition coefficient (Wildman–Crippen LogP) is 2.87. The molecule has 0 unspecified atom stereocenters. The van der Waals surface area contributed by atoms with E-state index in [1.807, 2.05) is 51.2 Å². The summed E-state index contributed by atoms with van der Waals surface area (Å²) in [6, 6.07) is 9.41. The van der Waals surface area contributed by atoms with Gasteiger partial charge < -0.3 is 4.57 Å². The van der Waals surface area contributed by atoms with Gasteiger partial charge in [0.1, 0.15) is 0 Å². The summed E-state index contributed by atoms with van der Waals surface area (Å²) in [6.45, 7) is 6.94. The number of hydrogen-bond acceptors (Lipinski definition) is 2. The number of hydrogen-bond donors (Lipinski definition) is 0. The number of aryl methyl sites for hydroxylation is 2. The zero-order valence-electron chi connectivity index (χ0n) is 12.6. The smallest absolute Gasteiger partial charge is 0.244 e. The van der Waals surface area contributed by atoms with Crippen LogP contribution in [0.2, 0.25) is 0 Å². The molecule has 1 aromatic heterocycles. The van der Waals surface area contributed by atoms with Gasteiger partial charge in [0.15, 0.2) is 0 Å². The fraction of sp³-hybridized carbons (Fsp3) is 0.375. The first-order valence-electron chi connectivity index (χ1n) is 7.15. The van der Waals surface area contributed by atoms with Gasteiger partial charge in [-0.25, -0.2) is 8.42 Å². The number of sulfonamides is 1. The Labute approximate surface area is 126 Å². The molecule has 1 aliphatic heterocycles. The molecule has 1 aromatic carbocycles. The molecule has 0 saturated carbocycles. The Kier molecular flexibility index (Phi) is 3.42. The van der Waals surface area contributed by atoms with Crippen molar-refractivity contribution in [2.75, 3.05) is 6.54 Å². The molecule has 0 aliphatic carbocycles. The van der Waals surface area contributed by atoms with Crippen molar-refractivity contribution in [3.63, 3.8) is 0 Å². The molecule has 0 bridgehead atoms. The van der Waals surface area contributed by atoms with Gasteiger partial charge in [0.05, 0.1) is 10.9 Å². The topological polar surface area (TPSA) is 42.3 Å². The predicted molar refractivity (Wildman–Crippen MR) is 82.7 cm³/mol. The molecule has 0 radical (unpaired) electrons. The first-order chi connectivity index (χ1) is 9.91. The summed E-state index contributed by atoms with van der Waals surface area (Å²) in [4.78, 5) is 0.425. The molecule has 4 nitrogen and oxygen atoms in total. The molecule has 0 amide bonds. The average molecular weight is 304 g/mol. The average Bonchev–Trinajstić information content (AvgIpc) is 2.91. The van der Waals surface area contributed by atoms with Crippen LogP contribution < -0.4 is 0 Å². The molecule has 0 saturated heterocycles. The van der Waals surface area contributed by atoms with Crippen molar-refractivity contribution in [3.8, 4) is 0 Å². The van der Waals surface area contributed by atoms with Crippen LogP contribution in [-0.4, -0.2) is 23.8 Å². The van der Waals surface area contributed by atoms with Crippen LogP contribution in [0, 0.1) is 13.8 Å². The Morgan fingerprint density at radius 1 is 1.14 bits per heavy atom. The molecule has 3 rings (SSSR count). The van der Waals surface area contributed by atoms with Crippen LogP contribution >= 0.6 is 0 Å². The minimum Gasteiger partial charge on any atom is -0.349 e. The molecule has 0 fully saturated rings. The molecule has 5 heteroatoms. The second-order valence-corrected chi connectivity index (χ2v) is 7.55. The maximum absolute atomic E-state index is 13.0. The van der Waals surface area contributed by atoms with Gasteiger partial charge in [0.25, 0.3) is 0 Å². The van der Waals surface area contributed by atoms with Gasteiger partial charge in [0.2, 0.25) is 10.0 Å². The molecular formula is C16H20N2O2S. The minimum absolute atomic E-state index is 0.140. The van der Waals surface area contributed by atoms with Crippen molar-refractivity contribution < 1.29 is 8.42 Å². The fourth-order valence-corrected chi connectivity index (χ4v) is 4.91. The van der Waals surface area contributed by atoms with Crippen LogP contribution in [0.3, 0.4) is 0 Å². The molecule has 1 aliphatic rings. The van der Waals surface area contributed by atoms with Gasteiger partial charge in [-0.2, -0.15) is 4.31 Å². The van der Waals surface area contributed by atoms with Crippen LogP contribution in [-0.2, 0) is 16.6 Å². The Morgan fingerprint density at radius 3 is 2.67 bits per heavy atom. The lowest BCUT2D eigenvalue weighted by Gasteiger charge is -2.34. The summed E-state index contributed by atoms with van der Waals surface area (Å²) in [7, 11) is -3.47. The van der Waals surface area contributed by atoms with Gasteiger partial charge >= 0.3 is 0 Å². The van der Waals surface area contributed by atoms with Gasteiger partial charge in [-0.3, -0.25) is 0 Å². The first kappa shape index (κ1) is 14.4. The van der Waals surface area contributed by atoms with E-state index < -0.39 is 10.0 Å². The van der Waals surface area contributed by atoms with E-state index in [2.05, 4.69) is 4.57 Å². The van der Waals surface area contributed by atoms with Gasteiger partial charge in [0, 0.05) is 25.0 Å². The summed E-state index contributed by atoms with van der Waals surface area (Å²) in [5.74, 6) is 0. The molecule has 2 aromatic rings. The quantitative estimate of drug-likeness (QED) is 0.856. The lowest BCUT2D eigenvalue weighted by Crippen LogP contribution is -2.40. The van der Waals surface area contributed by atoms with Crippen LogP contribution in [0.5, 0.6) is 0 Å². The second kappa shape index (κ2) is 5.00. The van der Waals surface area contributed by atoms with E-state index >= 15 is 0 Å². The summed E-state index contributed by atoms with van der Waals surface area (Å²) < 4.78 is 29.8. The summed E-state index contributed by atoms with van der Waals surface area (Å²) >= 11 is 0. The van der Waals surface area contributed by atoms with E-state index in [-0.39, 0.29) is 6.04 Å². The Morgan fingerprint density at radius 2 is 1.90 bits per heavy atom. The van der Waals surface area contributed by atoms with Crippen LogP contribution in [0.4, 0.5) is 0 Å². The Hall–Kier alpha value is -1.59. The summed E-state index contributed by atoms with van der Waals surface area (Å²) in [5, 5.41) is 0. The third-order valence-corrected chi connectivity index (χ3v) is 6.33. The maximum Gasteiger partial charge on any atom is 0.244 e. The highest BCUT2D eigenvalue weighted by atomic mass is 32.2. The highest BCUT2D eigenvalue weighted by Gasteiger charge is 2.34. The van der Waals surface area contributed by atoms with E-state index in [4.69, 9.17) is 0 Å². The van der Waals surface area contributed by atoms with E-state index in [1.54, 1.807) is 10.4 Å². The molecule has 0 spiro atoms. The first-order valence-corrected chi connectivity index (χ1v) is 8.59. The Bertz CT molecular complexity index is 777. The zero-order chi connectivity index (χ0) is 15.2. The van der Waals surface area contributed by atoms with Gasteiger partial charge in [-0.05, 0) is 50.1 Å². The van der Waals surface area contributed by atoms with Crippen LogP contribution in [0.25, 0.3) is 0 Å². The van der Waals surface area contributed by atoms with Gasteiger partial charge in [-0.1, -0.05) is 12.1 Å². The molecular weight excluding hydrogens is 284 g/mol. The number of nitrogens with zero attached hydrogens (tertiary/aromatic N) is 2. The lowest BCUT2D eigenvalue weighted by molar-refractivity contribution is 0.282. The van der Waals surface area contributed by atoms with Crippen molar-refractivity contribution in [3.05, 3.63) is 53.3 Å². The fourth-order valence-electron chi connectivity index (χ4n) is 3.00. The Balaban J connectivity index is 2.05. The van der Waals surface area contributed by atoms with Crippen LogP contribution in [0.1, 0.15) is 29.8 Å². The van der Waals surface area contributed by atoms with E-state index in [0.29, 0.717) is 18.0 Å². The normalized spacial score (nSPS) is 19.5. The van der Waals surface area contributed by atoms with E-state index in [1.165, 1.54) is 0 Å². The highest BCUT2D eigenvalue weighted by molar-refractivity contribution is 7.89. The largest absolute Gasteiger partial charge is 0.349 e. The maximum atomic E-state index is 13.0. The van der Waals surface area contributed by atoms with Crippen molar-refractivity contribution >= 4 is 10.0 Å². The molecule has 21 heavy (non-hydrogen) atoms. The summed E-state index contributed by atoms with van der Waals surface area (Å²) in [5.41, 5.74) is 2.82. The monoisotopic (exact) mass is 304 g/mol. The SMILES string of the molecule is Cc1ccc(C)c(S(=O)(=O)N2CCn3cccc3[C@H]2C)c1. The molecule has 2 heterocycles. The molecule has 112 valence electrons. The van der Waals surface area contributed by atoms with Gasteiger partial charge in [-0.15, -0.1) is 0 Å². The summed E-state index contributed by atoms with van der Waals surface area (Å²) in [6.07, 6.45) is 2.01. The molecule has 1 atom stereocenters. The second-order valence-electron chi connectivity index (χ2n) is 5.69. The van der Waals surface area contributed by atoms with Crippen molar-refractivity contribution in [2.45, 2.75) is 38.3 Å². The van der Waals surface area contributed by atoms with Crippen LogP contribution in [0.15, 0.2) is 41.4 Å².